The highest BCUT2D eigenvalue weighted by molar-refractivity contribution is 5.87. The van der Waals surface area contributed by atoms with Crippen molar-refractivity contribution in [2.24, 2.45) is 0 Å². The Morgan fingerprint density at radius 2 is 1.82 bits per heavy atom. The molecule has 39 heavy (non-hydrogen) atoms. The van der Waals surface area contributed by atoms with Crippen molar-refractivity contribution in [3.05, 3.63) is 112 Å². The number of alkyl halides is 2. The molecular formula is C30H30F3N5O. The third-order valence-corrected chi connectivity index (χ3v) is 7.28. The zero-order valence-corrected chi connectivity index (χ0v) is 21.6. The van der Waals surface area contributed by atoms with Crippen molar-refractivity contribution >= 4 is 16.9 Å². The number of benzene rings is 2. The van der Waals surface area contributed by atoms with Gasteiger partial charge in [0.15, 0.2) is 0 Å². The van der Waals surface area contributed by atoms with Crippen LogP contribution < -0.4 is 10.9 Å². The summed E-state index contributed by atoms with van der Waals surface area (Å²) < 4.78 is 41.6. The smallest absolute Gasteiger partial charge is 0.266 e. The number of H-pyrrole nitrogens is 1. The quantitative estimate of drug-likeness (QED) is 0.256. The second kappa shape index (κ2) is 11.4. The lowest BCUT2D eigenvalue weighted by molar-refractivity contribution is 0.146. The van der Waals surface area contributed by atoms with E-state index in [4.69, 9.17) is 0 Å². The van der Waals surface area contributed by atoms with E-state index in [1.807, 2.05) is 18.2 Å². The van der Waals surface area contributed by atoms with Gasteiger partial charge in [-0.3, -0.25) is 9.69 Å². The minimum Gasteiger partial charge on any atom is -0.359 e. The summed E-state index contributed by atoms with van der Waals surface area (Å²) in [6.07, 6.45) is 0.158. The van der Waals surface area contributed by atoms with Crippen molar-refractivity contribution < 1.29 is 13.2 Å². The number of piperidine rings is 1. The van der Waals surface area contributed by atoms with E-state index in [1.54, 1.807) is 13.0 Å². The molecule has 0 unspecified atom stereocenters. The van der Waals surface area contributed by atoms with Crippen LogP contribution in [0.1, 0.15) is 59.3 Å². The molecule has 1 saturated heterocycles. The van der Waals surface area contributed by atoms with Crippen LogP contribution in [0.3, 0.4) is 0 Å². The predicted molar refractivity (Wildman–Crippen MR) is 147 cm³/mol. The normalized spacial score (nSPS) is 15.5. The second-order valence-corrected chi connectivity index (χ2v) is 9.88. The third kappa shape index (κ3) is 5.73. The summed E-state index contributed by atoms with van der Waals surface area (Å²) in [5, 5.41) is 3.70. The molecule has 1 atom stereocenters. The Hall–Kier alpha value is -3.98. The summed E-state index contributed by atoms with van der Waals surface area (Å²) in [6, 6.07) is 15.2. The zero-order chi connectivity index (χ0) is 27.5. The van der Waals surface area contributed by atoms with Crippen LogP contribution in [0, 0.1) is 12.7 Å². The maximum Gasteiger partial charge on any atom is 0.266 e. The van der Waals surface area contributed by atoms with E-state index < -0.39 is 23.8 Å². The Balaban J connectivity index is 1.42. The SMILES string of the molecule is C=C[C@@H](Nc1nc(C)nc2[nH]c(=O)c(C3CCN(Cc4ccccc4)CC3)cc12)c1cccc(C(F)F)c1F. The fourth-order valence-electron chi connectivity index (χ4n) is 5.26. The average Bonchev–Trinajstić information content (AvgIpc) is 2.92. The molecule has 0 bridgehead atoms. The molecule has 9 heteroatoms. The van der Waals surface area contributed by atoms with Gasteiger partial charge >= 0.3 is 0 Å². The van der Waals surface area contributed by atoms with Gasteiger partial charge in [0, 0.05) is 17.7 Å². The van der Waals surface area contributed by atoms with Gasteiger partial charge in [-0.25, -0.2) is 23.1 Å². The summed E-state index contributed by atoms with van der Waals surface area (Å²) in [5.74, 6) is -0.165. The number of aromatic nitrogens is 3. The lowest BCUT2D eigenvalue weighted by atomic mass is 9.89. The van der Waals surface area contributed by atoms with Gasteiger partial charge in [0.1, 0.15) is 23.1 Å². The molecule has 6 nitrogen and oxygen atoms in total. The number of hydrogen-bond donors (Lipinski definition) is 2. The number of pyridine rings is 1. The first-order valence-electron chi connectivity index (χ1n) is 13.0. The first-order chi connectivity index (χ1) is 18.8. The Bertz CT molecular complexity index is 1530. The second-order valence-electron chi connectivity index (χ2n) is 9.88. The van der Waals surface area contributed by atoms with Crippen molar-refractivity contribution in [1.82, 2.24) is 19.9 Å². The topological polar surface area (TPSA) is 73.9 Å². The molecule has 4 aromatic rings. The molecule has 0 amide bonds. The van der Waals surface area contributed by atoms with Gasteiger partial charge in [-0.15, -0.1) is 6.58 Å². The molecule has 5 rings (SSSR count). The predicted octanol–water partition coefficient (Wildman–Crippen LogP) is 6.42. The Labute approximate surface area is 224 Å². The minimum atomic E-state index is -2.94. The maximum absolute atomic E-state index is 14.9. The first-order valence-corrected chi connectivity index (χ1v) is 13.0. The Morgan fingerprint density at radius 1 is 1.10 bits per heavy atom. The number of aromatic amines is 1. The molecule has 1 fully saturated rings. The largest absolute Gasteiger partial charge is 0.359 e. The highest BCUT2D eigenvalue weighted by Gasteiger charge is 2.25. The summed E-state index contributed by atoms with van der Waals surface area (Å²) in [7, 11) is 0. The number of rotatable bonds is 8. The molecular weight excluding hydrogens is 503 g/mol. The van der Waals surface area contributed by atoms with E-state index in [2.05, 4.69) is 43.9 Å². The van der Waals surface area contributed by atoms with Gasteiger partial charge in [0.25, 0.3) is 12.0 Å². The molecule has 2 aromatic carbocycles. The van der Waals surface area contributed by atoms with Crippen LogP contribution in [0.4, 0.5) is 19.0 Å². The zero-order valence-electron chi connectivity index (χ0n) is 21.6. The number of hydrogen-bond acceptors (Lipinski definition) is 5. The number of fused-ring (bicyclic) bond motifs is 1. The molecule has 0 radical (unpaired) electrons. The third-order valence-electron chi connectivity index (χ3n) is 7.28. The van der Waals surface area contributed by atoms with E-state index in [9.17, 15) is 18.0 Å². The molecule has 0 spiro atoms. The highest BCUT2D eigenvalue weighted by atomic mass is 19.3. The van der Waals surface area contributed by atoms with Crippen LogP contribution >= 0.6 is 0 Å². The van der Waals surface area contributed by atoms with Crippen molar-refractivity contribution in [2.45, 2.75) is 44.7 Å². The lowest BCUT2D eigenvalue weighted by Crippen LogP contribution is -2.34. The van der Waals surface area contributed by atoms with E-state index in [-0.39, 0.29) is 17.0 Å². The van der Waals surface area contributed by atoms with Gasteiger partial charge in [0.2, 0.25) is 0 Å². The summed E-state index contributed by atoms with van der Waals surface area (Å²) in [6.45, 7) is 8.05. The Kier molecular flexibility index (Phi) is 7.79. The van der Waals surface area contributed by atoms with Crippen LogP contribution in [0.25, 0.3) is 11.0 Å². The maximum atomic E-state index is 14.9. The van der Waals surface area contributed by atoms with Crippen molar-refractivity contribution in [3.63, 3.8) is 0 Å². The fraction of sp³-hybridized carbons (Fsp3) is 0.300. The van der Waals surface area contributed by atoms with Crippen LogP contribution in [-0.4, -0.2) is 32.9 Å². The molecule has 0 saturated carbocycles. The molecule has 3 heterocycles. The van der Waals surface area contributed by atoms with Crippen molar-refractivity contribution in [1.29, 1.82) is 0 Å². The van der Waals surface area contributed by atoms with E-state index in [0.717, 1.165) is 38.5 Å². The Morgan fingerprint density at radius 3 is 2.51 bits per heavy atom. The lowest BCUT2D eigenvalue weighted by Gasteiger charge is -2.32. The van der Waals surface area contributed by atoms with Crippen molar-refractivity contribution in [3.8, 4) is 0 Å². The average molecular weight is 534 g/mol. The number of halogens is 3. The van der Waals surface area contributed by atoms with E-state index >= 15 is 0 Å². The van der Waals surface area contributed by atoms with Crippen LogP contribution in [-0.2, 0) is 6.54 Å². The van der Waals surface area contributed by atoms with Gasteiger partial charge in [-0.2, -0.15) is 0 Å². The van der Waals surface area contributed by atoms with Gasteiger partial charge < -0.3 is 10.3 Å². The summed E-state index contributed by atoms with van der Waals surface area (Å²) in [5.41, 5.74) is 1.43. The number of nitrogens with zero attached hydrogens (tertiary/aromatic N) is 3. The molecule has 2 N–H and O–H groups in total. The van der Waals surface area contributed by atoms with Gasteiger partial charge in [-0.1, -0.05) is 54.6 Å². The van der Waals surface area contributed by atoms with Gasteiger partial charge in [0.05, 0.1) is 17.0 Å². The minimum absolute atomic E-state index is 0.0302. The van der Waals surface area contributed by atoms with Crippen molar-refractivity contribution in [2.75, 3.05) is 18.4 Å². The molecule has 1 aliphatic heterocycles. The number of nitrogens with one attached hydrogen (secondary N) is 2. The monoisotopic (exact) mass is 533 g/mol. The highest BCUT2D eigenvalue weighted by Crippen LogP contribution is 2.33. The van der Waals surface area contributed by atoms with Gasteiger partial charge in [-0.05, 0) is 50.4 Å². The molecule has 202 valence electrons. The standard InChI is InChI=1S/C30H30F3N5O/c1-3-25(21-10-7-11-22(26(21)31)27(32)33)36-28-24-16-23(30(39)37-29(24)35-18(2)34-28)20-12-14-38(15-13-20)17-19-8-5-4-6-9-19/h3-11,16,20,25,27H,1,12-15,17H2,2H3,(H2,34,35,36,37,39)/t25-/m1/s1. The summed E-state index contributed by atoms with van der Waals surface area (Å²) in [4.78, 5) is 27.3. The molecule has 1 aliphatic rings. The first kappa shape index (κ1) is 26.6. The fourth-order valence-corrected chi connectivity index (χ4v) is 5.26. The van der Waals surface area contributed by atoms with E-state index in [1.165, 1.54) is 23.8 Å². The van der Waals surface area contributed by atoms with Crippen LogP contribution in [0.2, 0.25) is 0 Å². The number of likely N-dealkylation sites (tertiary alicyclic amines) is 1. The van der Waals surface area contributed by atoms with Crippen LogP contribution in [0.15, 0.2) is 72.0 Å². The molecule has 0 aliphatic carbocycles. The van der Waals surface area contributed by atoms with Crippen LogP contribution in [0.5, 0.6) is 0 Å². The number of aryl methyl sites for hydroxylation is 1. The summed E-state index contributed by atoms with van der Waals surface area (Å²) >= 11 is 0. The molecule has 2 aromatic heterocycles. The number of anilines is 1. The van der Waals surface area contributed by atoms with E-state index in [0.29, 0.717) is 28.2 Å².